The number of morpholine rings is 1. The molecule has 1 unspecified atom stereocenters. The summed E-state index contributed by atoms with van der Waals surface area (Å²) in [6.45, 7) is 3.20. The van der Waals surface area contributed by atoms with Crippen LogP contribution in [0.25, 0.3) is 0 Å². The lowest BCUT2D eigenvalue weighted by Gasteiger charge is -2.31. The Balaban J connectivity index is 1.45. The molecule has 3 aromatic rings. The van der Waals surface area contributed by atoms with Crippen LogP contribution in [0.5, 0.6) is 11.5 Å². The molecule has 0 N–H and O–H groups in total. The predicted octanol–water partition coefficient (Wildman–Crippen LogP) is 4.06. The number of hydrogen-bond donors (Lipinski definition) is 0. The fourth-order valence-corrected chi connectivity index (χ4v) is 5.78. The van der Waals surface area contributed by atoms with Crippen LogP contribution in [0.4, 0.5) is 4.39 Å². The van der Waals surface area contributed by atoms with E-state index in [0.29, 0.717) is 37.7 Å². The van der Waals surface area contributed by atoms with Crippen molar-refractivity contribution >= 4 is 28.9 Å². The van der Waals surface area contributed by atoms with E-state index in [1.807, 2.05) is 23.6 Å². The maximum atomic E-state index is 14.7. The monoisotopic (exact) mass is 580 g/mol. The van der Waals surface area contributed by atoms with E-state index in [1.54, 1.807) is 43.8 Å². The van der Waals surface area contributed by atoms with Gasteiger partial charge in [0.05, 0.1) is 49.6 Å². The number of methoxy groups -OCH3 is 2. The van der Waals surface area contributed by atoms with Crippen molar-refractivity contribution in [3.63, 3.8) is 0 Å². The third kappa shape index (κ3) is 6.58. The lowest BCUT2D eigenvalue weighted by atomic mass is 9.99. The number of thiophene rings is 1. The van der Waals surface area contributed by atoms with Crippen LogP contribution in [0.15, 0.2) is 65.1 Å². The standard InChI is InChI=1S/C30H33FN4O5S/c1-38-21-9-10-27(39-2)23(18-21)26-19-25(28-8-5-17-41-28)32-35(26)29(36)20-34(12-11-33-13-15-40-16-14-33)30(37)22-6-3-4-7-24(22)31/h3-10,17-18,26H,11-16,19-20H2,1-2H3. The highest BCUT2D eigenvalue weighted by atomic mass is 32.1. The van der Waals surface area contributed by atoms with Crippen LogP contribution < -0.4 is 9.47 Å². The van der Waals surface area contributed by atoms with Crippen LogP contribution in [-0.4, -0.2) is 92.5 Å². The van der Waals surface area contributed by atoms with Crippen molar-refractivity contribution in [3.8, 4) is 11.5 Å². The highest BCUT2D eigenvalue weighted by Gasteiger charge is 2.37. The average Bonchev–Trinajstić information content (AvgIpc) is 3.70. The molecule has 5 rings (SSSR count). The Hall–Kier alpha value is -3.80. The molecular weight excluding hydrogens is 547 g/mol. The highest BCUT2D eigenvalue weighted by Crippen LogP contribution is 2.40. The minimum atomic E-state index is -0.625. The molecule has 216 valence electrons. The van der Waals surface area contributed by atoms with Gasteiger partial charge in [0, 0.05) is 38.2 Å². The Bertz CT molecular complexity index is 1390. The van der Waals surface area contributed by atoms with Crippen LogP contribution in [0, 0.1) is 5.82 Å². The SMILES string of the molecule is COc1ccc(OC)c(C2CC(c3cccs3)=NN2C(=O)CN(CCN2CCOCC2)C(=O)c2ccccc2F)c1. The summed E-state index contributed by atoms with van der Waals surface area (Å²) in [5.41, 5.74) is 1.44. The maximum Gasteiger partial charge on any atom is 0.262 e. The van der Waals surface area contributed by atoms with Crippen LogP contribution in [0.1, 0.15) is 33.3 Å². The van der Waals surface area contributed by atoms with Gasteiger partial charge in [0.1, 0.15) is 23.9 Å². The first-order valence-corrected chi connectivity index (χ1v) is 14.4. The lowest BCUT2D eigenvalue weighted by molar-refractivity contribution is -0.133. The molecule has 3 heterocycles. The first kappa shape index (κ1) is 28.7. The van der Waals surface area contributed by atoms with E-state index in [9.17, 15) is 14.0 Å². The molecular formula is C30H33FN4O5S. The van der Waals surface area contributed by atoms with Crippen molar-refractivity contribution in [1.29, 1.82) is 0 Å². The predicted molar refractivity (Wildman–Crippen MR) is 154 cm³/mol. The molecule has 0 spiro atoms. The molecule has 41 heavy (non-hydrogen) atoms. The van der Waals surface area contributed by atoms with E-state index in [-0.39, 0.29) is 24.6 Å². The average molecular weight is 581 g/mol. The van der Waals surface area contributed by atoms with Crippen molar-refractivity contribution < 1.29 is 28.2 Å². The largest absolute Gasteiger partial charge is 0.497 e. The fourth-order valence-electron chi connectivity index (χ4n) is 5.05. The molecule has 1 fully saturated rings. The van der Waals surface area contributed by atoms with Crippen molar-refractivity contribution in [3.05, 3.63) is 81.8 Å². The van der Waals surface area contributed by atoms with E-state index in [4.69, 9.17) is 19.3 Å². The molecule has 9 nitrogen and oxygen atoms in total. The van der Waals surface area contributed by atoms with Gasteiger partial charge in [-0.1, -0.05) is 18.2 Å². The molecule has 0 radical (unpaired) electrons. The molecule has 11 heteroatoms. The normalized spacial score (nSPS) is 17.3. The zero-order valence-electron chi connectivity index (χ0n) is 23.1. The number of halogens is 1. The van der Waals surface area contributed by atoms with Gasteiger partial charge in [0.2, 0.25) is 0 Å². The number of ether oxygens (including phenoxy) is 3. The highest BCUT2D eigenvalue weighted by molar-refractivity contribution is 7.12. The number of benzene rings is 2. The third-order valence-electron chi connectivity index (χ3n) is 7.27. The Kier molecular flexibility index (Phi) is 9.28. The number of rotatable bonds is 10. The van der Waals surface area contributed by atoms with E-state index in [1.165, 1.54) is 28.1 Å². The van der Waals surface area contributed by atoms with E-state index in [2.05, 4.69) is 4.90 Å². The summed E-state index contributed by atoms with van der Waals surface area (Å²) < 4.78 is 31.2. The van der Waals surface area contributed by atoms with Gasteiger partial charge in [0.15, 0.2) is 0 Å². The van der Waals surface area contributed by atoms with E-state index < -0.39 is 17.8 Å². The number of amides is 2. The van der Waals surface area contributed by atoms with Crippen LogP contribution in [-0.2, 0) is 9.53 Å². The summed E-state index contributed by atoms with van der Waals surface area (Å²) in [6, 6.07) is 14.7. The second kappa shape index (κ2) is 13.2. The minimum absolute atomic E-state index is 0.0718. The molecule has 2 amide bonds. The third-order valence-corrected chi connectivity index (χ3v) is 8.19. The first-order chi connectivity index (χ1) is 20.0. The summed E-state index contributed by atoms with van der Waals surface area (Å²) in [4.78, 5) is 32.1. The second-order valence-corrected chi connectivity index (χ2v) is 10.7. The molecule has 2 aliphatic rings. The lowest BCUT2D eigenvalue weighted by Crippen LogP contribution is -2.46. The second-order valence-electron chi connectivity index (χ2n) is 9.75. The molecule has 1 saturated heterocycles. The van der Waals surface area contributed by atoms with Crippen LogP contribution in [0.3, 0.4) is 0 Å². The molecule has 0 bridgehead atoms. The van der Waals surface area contributed by atoms with Gasteiger partial charge < -0.3 is 19.1 Å². The number of carbonyl (C=O) groups is 2. The molecule has 0 aliphatic carbocycles. The summed E-state index contributed by atoms with van der Waals surface area (Å²) >= 11 is 1.54. The van der Waals surface area contributed by atoms with Gasteiger partial charge in [-0.3, -0.25) is 14.5 Å². The summed E-state index contributed by atoms with van der Waals surface area (Å²) in [7, 11) is 3.16. The molecule has 2 aromatic carbocycles. The summed E-state index contributed by atoms with van der Waals surface area (Å²) in [6.07, 6.45) is 0.463. The van der Waals surface area contributed by atoms with Gasteiger partial charge in [-0.25, -0.2) is 9.40 Å². The number of hydrazone groups is 1. The molecule has 1 aromatic heterocycles. The summed E-state index contributed by atoms with van der Waals surface area (Å²) in [5, 5.41) is 8.14. The minimum Gasteiger partial charge on any atom is -0.497 e. The van der Waals surface area contributed by atoms with E-state index >= 15 is 0 Å². The fraction of sp³-hybridized carbons (Fsp3) is 0.367. The van der Waals surface area contributed by atoms with Crippen molar-refractivity contribution in [2.24, 2.45) is 5.10 Å². The number of carbonyl (C=O) groups excluding carboxylic acids is 2. The zero-order valence-corrected chi connectivity index (χ0v) is 23.9. The number of nitrogens with zero attached hydrogens (tertiary/aromatic N) is 4. The van der Waals surface area contributed by atoms with Crippen LogP contribution >= 0.6 is 11.3 Å². The Labute approximate surface area is 242 Å². The topological polar surface area (TPSA) is 83.9 Å². The van der Waals surface area contributed by atoms with Gasteiger partial charge in [-0.15, -0.1) is 11.3 Å². The quantitative estimate of drug-likeness (QED) is 0.360. The number of hydrogen-bond acceptors (Lipinski definition) is 8. The van der Waals surface area contributed by atoms with Crippen molar-refractivity contribution in [2.45, 2.75) is 12.5 Å². The van der Waals surface area contributed by atoms with Gasteiger partial charge in [0.25, 0.3) is 11.8 Å². The Morgan fingerprint density at radius 3 is 2.61 bits per heavy atom. The first-order valence-electron chi connectivity index (χ1n) is 13.5. The van der Waals surface area contributed by atoms with Crippen molar-refractivity contribution in [2.75, 3.05) is 60.2 Å². The summed E-state index contributed by atoms with van der Waals surface area (Å²) in [5.74, 6) is -0.318. The van der Waals surface area contributed by atoms with Gasteiger partial charge in [-0.05, 0) is 41.8 Å². The maximum absolute atomic E-state index is 14.7. The van der Waals surface area contributed by atoms with E-state index in [0.717, 1.165) is 29.2 Å². The van der Waals surface area contributed by atoms with Gasteiger partial charge in [-0.2, -0.15) is 5.10 Å². The van der Waals surface area contributed by atoms with Gasteiger partial charge >= 0.3 is 0 Å². The Morgan fingerprint density at radius 1 is 1.10 bits per heavy atom. The van der Waals surface area contributed by atoms with Crippen LogP contribution in [0.2, 0.25) is 0 Å². The molecule has 2 aliphatic heterocycles. The smallest absolute Gasteiger partial charge is 0.262 e. The molecule has 1 atom stereocenters. The zero-order chi connectivity index (χ0) is 28.8. The van der Waals surface area contributed by atoms with Crippen molar-refractivity contribution in [1.82, 2.24) is 14.8 Å². The Morgan fingerprint density at radius 2 is 1.90 bits per heavy atom. The molecule has 0 saturated carbocycles.